The van der Waals surface area contributed by atoms with Gasteiger partial charge in [0.1, 0.15) is 11.5 Å². The molecule has 1 atom stereocenters. The largest absolute Gasteiger partial charge is 0.507 e. The Morgan fingerprint density at radius 1 is 1.21 bits per heavy atom. The number of phenolic OH excluding ortho intramolecular Hbond substituents is 1. The lowest BCUT2D eigenvalue weighted by Gasteiger charge is -2.25. The van der Waals surface area contributed by atoms with Crippen molar-refractivity contribution in [3.63, 3.8) is 0 Å². The molecular weight excluding hydrogens is 400 g/mol. The number of rotatable bonds is 5. The summed E-state index contributed by atoms with van der Waals surface area (Å²) in [6.45, 7) is 2.11. The number of phenols is 1. The number of aliphatic hydroxyl groups excluding tert-OH is 1. The smallest absolute Gasteiger partial charge is 0.295 e. The number of likely N-dealkylation sites (tertiary alicyclic amines) is 1. The van der Waals surface area contributed by atoms with E-state index in [1.54, 1.807) is 0 Å². The highest BCUT2D eigenvalue weighted by molar-refractivity contribution is 6.46. The minimum Gasteiger partial charge on any atom is -0.507 e. The zero-order valence-corrected chi connectivity index (χ0v) is 16.1. The fourth-order valence-corrected chi connectivity index (χ4v) is 3.48. The fourth-order valence-electron chi connectivity index (χ4n) is 3.29. The van der Waals surface area contributed by atoms with E-state index in [0.717, 1.165) is 0 Å². The monoisotopic (exact) mass is 416 g/mol. The number of hydrogen-bond donors (Lipinski definition) is 2. The summed E-state index contributed by atoms with van der Waals surface area (Å²) in [6.07, 6.45) is 0.576. The number of ketones is 1. The molecule has 1 aliphatic rings. The molecule has 0 aliphatic carbocycles. The van der Waals surface area contributed by atoms with Gasteiger partial charge in [0.25, 0.3) is 17.4 Å². The van der Waals surface area contributed by atoms with Crippen LogP contribution in [0.3, 0.4) is 0 Å². The molecule has 1 aliphatic heterocycles. The maximum atomic E-state index is 12.7. The predicted molar refractivity (Wildman–Crippen MR) is 106 cm³/mol. The number of benzene rings is 2. The predicted octanol–water partition coefficient (Wildman–Crippen LogP) is 3.79. The molecule has 2 N–H and O–H groups in total. The number of amides is 1. The van der Waals surface area contributed by atoms with E-state index in [0.29, 0.717) is 12.0 Å². The number of nitro groups is 1. The van der Waals surface area contributed by atoms with Crippen LogP contribution in [0.1, 0.15) is 30.5 Å². The molecule has 2 aromatic rings. The second kappa shape index (κ2) is 7.92. The van der Waals surface area contributed by atoms with Crippen LogP contribution < -0.4 is 0 Å². The van der Waals surface area contributed by atoms with Gasteiger partial charge < -0.3 is 15.1 Å². The Hall–Kier alpha value is -3.39. The number of non-ortho nitro benzene ring substituents is 1. The average Bonchev–Trinajstić information content (AvgIpc) is 2.95. The number of carbonyl (C=O) groups excluding carboxylic acids is 2. The molecule has 1 amide bonds. The first-order chi connectivity index (χ1) is 13.8. The summed E-state index contributed by atoms with van der Waals surface area (Å²) in [5, 5.41) is 31.4. The lowest BCUT2D eigenvalue weighted by molar-refractivity contribution is -0.384. The molecule has 8 nitrogen and oxygen atoms in total. The molecule has 29 heavy (non-hydrogen) atoms. The third-order valence-corrected chi connectivity index (χ3v) is 4.95. The number of aromatic hydroxyl groups is 1. The quantitative estimate of drug-likeness (QED) is 0.251. The van der Waals surface area contributed by atoms with E-state index in [9.17, 15) is 29.9 Å². The van der Waals surface area contributed by atoms with Crippen LogP contribution in [0.25, 0.3) is 5.76 Å². The van der Waals surface area contributed by atoms with Gasteiger partial charge in [-0.15, -0.1) is 0 Å². The number of halogens is 1. The van der Waals surface area contributed by atoms with E-state index in [1.807, 2.05) is 6.92 Å². The first-order valence-corrected chi connectivity index (χ1v) is 9.15. The summed E-state index contributed by atoms with van der Waals surface area (Å²) in [6, 6.07) is 8.40. The van der Waals surface area contributed by atoms with Crippen molar-refractivity contribution in [3.05, 3.63) is 74.3 Å². The Labute approximate surface area is 170 Å². The van der Waals surface area contributed by atoms with Crippen molar-refractivity contribution in [1.82, 2.24) is 4.90 Å². The van der Waals surface area contributed by atoms with Crippen LogP contribution in [0, 0.1) is 10.1 Å². The molecule has 0 radical (unpaired) electrons. The second-order valence-electron chi connectivity index (χ2n) is 6.51. The van der Waals surface area contributed by atoms with Crippen LogP contribution in [0.15, 0.2) is 48.0 Å². The van der Waals surface area contributed by atoms with Crippen molar-refractivity contribution in [3.8, 4) is 5.75 Å². The van der Waals surface area contributed by atoms with Gasteiger partial charge in [-0.3, -0.25) is 19.7 Å². The lowest BCUT2D eigenvalue weighted by Crippen LogP contribution is -2.30. The molecule has 0 spiro atoms. The first-order valence-electron chi connectivity index (χ1n) is 8.78. The summed E-state index contributed by atoms with van der Waals surface area (Å²) in [4.78, 5) is 36.9. The van der Waals surface area contributed by atoms with E-state index >= 15 is 0 Å². The Bertz CT molecular complexity index is 1030. The molecule has 1 fully saturated rings. The van der Waals surface area contributed by atoms with Gasteiger partial charge in [-0.05, 0) is 36.2 Å². The van der Waals surface area contributed by atoms with Crippen LogP contribution in [0.2, 0.25) is 5.02 Å². The summed E-state index contributed by atoms with van der Waals surface area (Å²) in [7, 11) is 0. The van der Waals surface area contributed by atoms with Crippen LogP contribution >= 0.6 is 11.6 Å². The van der Waals surface area contributed by atoms with Gasteiger partial charge in [0.05, 0.1) is 21.6 Å². The third-order valence-electron chi connectivity index (χ3n) is 4.64. The Morgan fingerprint density at radius 3 is 2.41 bits per heavy atom. The highest BCUT2D eigenvalue weighted by Gasteiger charge is 2.45. The van der Waals surface area contributed by atoms with Gasteiger partial charge in [-0.25, -0.2) is 0 Å². The van der Waals surface area contributed by atoms with E-state index in [4.69, 9.17) is 11.6 Å². The third kappa shape index (κ3) is 3.66. The molecule has 0 aromatic heterocycles. The molecule has 9 heteroatoms. The van der Waals surface area contributed by atoms with E-state index in [2.05, 4.69) is 0 Å². The molecular formula is C20H17ClN2O6. The molecule has 1 unspecified atom stereocenters. The summed E-state index contributed by atoms with van der Waals surface area (Å²) >= 11 is 6.00. The maximum Gasteiger partial charge on any atom is 0.295 e. The van der Waals surface area contributed by atoms with Crippen molar-refractivity contribution < 1.29 is 24.7 Å². The zero-order valence-electron chi connectivity index (χ0n) is 15.3. The fraction of sp³-hybridized carbons (Fsp3) is 0.200. The topological polar surface area (TPSA) is 121 Å². The van der Waals surface area contributed by atoms with E-state index < -0.39 is 28.4 Å². The normalized spacial score (nSPS) is 18.3. The highest BCUT2D eigenvalue weighted by Crippen LogP contribution is 2.41. The molecule has 0 bridgehead atoms. The van der Waals surface area contributed by atoms with E-state index in [-0.39, 0.29) is 34.1 Å². The van der Waals surface area contributed by atoms with E-state index in [1.165, 1.54) is 47.4 Å². The van der Waals surface area contributed by atoms with Gasteiger partial charge in [0.15, 0.2) is 0 Å². The summed E-state index contributed by atoms with van der Waals surface area (Å²) < 4.78 is 0. The van der Waals surface area contributed by atoms with Gasteiger partial charge in [-0.2, -0.15) is 0 Å². The van der Waals surface area contributed by atoms with Gasteiger partial charge in [0.2, 0.25) is 0 Å². The first kappa shape index (κ1) is 20.3. The number of Topliss-reactive ketones (excluding diaryl/α,β-unsaturated/α-hetero) is 1. The van der Waals surface area contributed by atoms with Crippen molar-refractivity contribution in [1.29, 1.82) is 0 Å². The lowest BCUT2D eigenvalue weighted by atomic mass is 9.95. The number of aliphatic hydroxyl groups is 1. The van der Waals surface area contributed by atoms with Crippen LogP contribution in [0.5, 0.6) is 5.75 Å². The summed E-state index contributed by atoms with van der Waals surface area (Å²) in [5.41, 5.74) is 0.304. The van der Waals surface area contributed by atoms with Crippen molar-refractivity contribution in [2.75, 3.05) is 6.54 Å². The van der Waals surface area contributed by atoms with Crippen molar-refractivity contribution in [2.24, 2.45) is 0 Å². The molecule has 1 saturated heterocycles. The van der Waals surface area contributed by atoms with Crippen LogP contribution in [-0.2, 0) is 9.59 Å². The highest BCUT2D eigenvalue weighted by atomic mass is 35.5. The molecule has 1 heterocycles. The Kier molecular flexibility index (Phi) is 5.56. The zero-order chi connectivity index (χ0) is 21.3. The molecule has 0 saturated carbocycles. The Balaban J connectivity index is 2.17. The summed E-state index contributed by atoms with van der Waals surface area (Å²) in [5.74, 6) is -2.21. The van der Waals surface area contributed by atoms with Gasteiger partial charge in [0, 0.05) is 24.2 Å². The number of nitrogens with zero attached hydrogens (tertiary/aromatic N) is 2. The van der Waals surface area contributed by atoms with Gasteiger partial charge in [-0.1, -0.05) is 24.6 Å². The molecule has 2 aromatic carbocycles. The number of carbonyl (C=O) groups is 2. The van der Waals surface area contributed by atoms with Gasteiger partial charge >= 0.3 is 0 Å². The van der Waals surface area contributed by atoms with Crippen molar-refractivity contribution in [2.45, 2.75) is 19.4 Å². The van der Waals surface area contributed by atoms with Crippen LogP contribution in [0.4, 0.5) is 5.69 Å². The SMILES string of the molecule is CCCN1C(=O)C(=O)/C(=C(\O)c2ccc([N+](=O)[O-])cc2)C1c1ccc(O)c(Cl)c1. The average molecular weight is 417 g/mol. The van der Waals surface area contributed by atoms with Crippen LogP contribution in [-0.4, -0.2) is 38.3 Å². The molecule has 150 valence electrons. The number of hydrogen-bond acceptors (Lipinski definition) is 6. The Morgan fingerprint density at radius 2 is 1.86 bits per heavy atom. The minimum absolute atomic E-state index is 0.0416. The maximum absolute atomic E-state index is 12.7. The molecule has 3 rings (SSSR count). The van der Waals surface area contributed by atoms with Crippen molar-refractivity contribution >= 4 is 34.7 Å². The minimum atomic E-state index is -0.900. The number of nitro benzene ring substituents is 1. The standard InChI is InChI=1S/C20H17ClN2O6/c1-2-9-22-17(12-5-8-15(24)14(21)10-12)16(19(26)20(22)27)18(25)11-3-6-13(7-4-11)23(28)29/h3-8,10,17,24-25H,2,9H2,1H3/b18-16-. The second-order valence-corrected chi connectivity index (χ2v) is 6.91.